The van der Waals surface area contributed by atoms with Crippen LogP contribution in [-0.4, -0.2) is 46.9 Å². The SMILES string of the molecule is CC/C=C\C/C=C\C/C=C\C/C=C\C/C=C\C/C=C\CCC(=O)OC(/C=C/C/C=C\CCCCCCCC)CC(=O)NC(CO)C(O)CCCCCCCCCCCCCC. The molecule has 0 saturated heterocycles. The first-order valence-electron chi connectivity index (χ1n) is 25.0. The molecule has 6 heteroatoms. The first-order chi connectivity index (χ1) is 30.0. The van der Waals surface area contributed by atoms with Crippen molar-refractivity contribution >= 4 is 11.9 Å². The monoisotopic (exact) mass is 848 g/mol. The maximum Gasteiger partial charge on any atom is 0.306 e. The number of allylic oxidation sites excluding steroid dienone is 15. The Hall–Kier alpha value is -3.22. The molecule has 0 aromatic rings. The first kappa shape index (κ1) is 57.8. The van der Waals surface area contributed by atoms with Crippen molar-refractivity contribution in [1.82, 2.24) is 5.32 Å². The van der Waals surface area contributed by atoms with Gasteiger partial charge in [0, 0.05) is 6.42 Å². The number of ether oxygens (including phenoxy) is 1. The zero-order valence-electron chi connectivity index (χ0n) is 39.5. The van der Waals surface area contributed by atoms with Gasteiger partial charge in [-0.3, -0.25) is 9.59 Å². The Labute approximate surface area is 376 Å². The lowest BCUT2D eigenvalue weighted by Gasteiger charge is -2.23. The van der Waals surface area contributed by atoms with E-state index in [1.807, 2.05) is 12.2 Å². The van der Waals surface area contributed by atoms with Crippen LogP contribution >= 0.6 is 0 Å². The van der Waals surface area contributed by atoms with E-state index in [1.165, 1.54) is 96.3 Å². The predicted octanol–water partition coefficient (Wildman–Crippen LogP) is 14.9. The second-order valence-electron chi connectivity index (χ2n) is 16.5. The van der Waals surface area contributed by atoms with Gasteiger partial charge in [-0.15, -0.1) is 0 Å². The second kappa shape index (κ2) is 47.8. The van der Waals surface area contributed by atoms with E-state index in [0.29, 0.717) is 19.3 Å². The van der Waals surface area contributed by atoms with Crippen molar-refractivity contribution in [3.63, 3.8) is 0 Å². The average Bonchev–Trinajstić information content (AvgIpc) is 3.25. The molecule has 0 aliphatic heterocycles. The summed E-state index contributed by atoms with van der Waals surface area (Å²) in [5.41, 5.74) is 0. The minimum absolute atomic E-state index is 0.0640. The van der Waals surface area contributed by atoms with Gasteiger partial charge in [0.15, 0.2) is 0 Å². The molecule has 0 saturated carbocycles. The number of carbonyl (C=O) groups is 2. The molecule has 0 heterocycles. The van der Waals surface area contributed by atoms with Crippen LogP contribution in [0.25, 0.3) is 0 Å². The summed E-state index contributed by atoms with van der Waals surface area (Å²) in [5, 5.41) is 23.6. The summed E-state index contributed by atoms with van der Waals surface area (Å²) < 4.78 is 5.77. The maximum atomic E-state index is 13.1. The Bertz CT molecular complexity index is 1220. The lowest BCUT2D eigenvalue weighted by atomic mass is 10.0. The van der Waals surface area contributed by atoms with Crippen molar-refractivity contribution < 1.29 is 24.5 Å². The van der Waals surface area contributed by atoms with E-state index in [9.17, 15) is 19.8 Å². The fourth-order valence-electron chi connectivity index (χ4n) is 6.89. The van der Waals surface area contributed by atoms with Crippen LogP contribution in [0.1, 0.15) is 213 Å². The highest BCUT2D eigenvalue weighted by molar-refractivity contribution is 5.78. The molecule has 0 aliphatic carbocycles. The molecule has 348 valence electrons. The number of rotatable bonds is 43. The number of carbonyl (C=O) groups excluding carboxylic acids is 2. The van der Waals surface area contributed by atoms with Gasteiger partial charge in [-0.05, 0) is 76.7 Å². The van der Waals surface area contributed by atoms with Crippen LogP contribution in [0.3, 0.4) is 0 Å². The molecule has 0 rings (SSSR count). The van der Waals surface area contributed by atoms with Gasteiger partial charge in [0.05, 0.1) is 25.2 Å². The summed E-state index contributed by atoms with van der Waals surface area (Å²) in [6, 6.07) is -0.751. The summed E-state index contributed by atoms with van der Waals surface area (Å²) >= 11 is 0. The van der Waals surface area contributed by atoms with Crippen molar-refractivity contribution in [1.29, 1.82) is 0 Å². The van der Waals surface area contributed by atoms with E-state index in [-0.39, 0.29) is 31.3 Å². The van der Waals surface area contributed by atoms with Crippen LogP contribution in [0, 0.1) is 0 Å². The fraction of sp³-hybridized carbons (Fsp3) is 0.673. The number of esters is 1. The third kappa shape index (κ3) is 43.2. The van der Waals surface area contributed by atoms with Crippen LogP contribution in [0.4, 0.5) is 0 Å². The molecule has 0 aromatic carbocycles. The molecular weight excluding hydrogens is 755 g/mol. The molecule has 0 aromatic heterocycles. The third-order valence-corrected chi connectivity index (χ3v) is 10.7. The average molecular weight is 848 g/mol. The van der Waals surface area contributed by atoms with Crippen molar-refractivity contribution in [3.8, 4) is 0 Å². The van der Waals surface area contributed by atoms with Crippen molar-refractivity contribution in [2.24, 2.45) is 0 Å². The molecule has 0 bridgehead atoms. The first-order valence-corrected chi connectivity index (χ1v) is 25.0. The van der Waals surface area contributed by atoms with Crippen molar-refractivity contribution in [3.05, 3.63) is 97.2 Å². The normalized spacial score (nSPS) is 14.1. The van der Waals surface area contributed by atoms with Gasteiger partial charge >= 0.3 is 5.97 Å². The Morgan fingerprint density at radius 2 is 0.918 bits per heavy atom. The van der Waals surface area contributed by atoms with Gasteiger partial charge in [-0.2, -0.15) is 0 Å². The smallest absolute Gasteiger partial charge is 0.306 e. The summed E-state index contributed by atoms with van der Waals surface area (Å²) in [4.78, 5) is 26.0. The van der Waals surface area contributed by atoms with E-state index in [1.54, 1.807) is 6.08 Å². The number of aliphatic hydroxyl groups excluding tert-OH is 2. The summed E-state index contributed by atoms with van der Waals surface area (Å²) in [5.74, 6) is -0.711. The van der Waals surface area contributed by atoms with Crippen LogP contribution in [0.15, 0.2) is 97.2 Å². The zero-order chi connectivity index (χ0) is 44.5. The molecule has 61 heavy (non-hydrogen) atoms. The van der Waals surface area contributed by atoms with Crippen LogP contribution in [-0.2, 0) is 14.3 Å². The van der Waals surface area contributed by atoms with Gasteiger partial charge in [-0.1, -0.05) is 221 Å². The molecule has 3 N–H and O–H groups in total. The Morgan fingerprint density at radius 1 is 0.508 bits per heavy atom. The molecular formula is C55H93NO5. The highest BCUT2D eigenvalue weighted by Crippen LogP contribution is 2.15. The van der Waals surface area contributed by atoms with Crippen molar-refractivity contribution in [2.75, 3.05) is 6.61 Å². The molecule has 0 fully saturated rings. The predicted molar refractivity (Wildman–Crippen MR) is 264 cm³/mol. The van der Waals surface area contributed by atoms with Crippen LogP contribution < -0.4 is 5.32 Å². The van der Waals surface area contributed by atoms with Gasteiger partial charge in [0.1, 0.15) is 6.10 Å². The number of aliphatic hydroxyl groups is 2. The van der Waals surface area contributed by atoms with Gasteiger partial charge < -0.3 is 20.3 Å². The Kier molecular flexibility index (Phi) is 45.3. The van der Waals surface area contributed by atoms with Crippen molar-refractivity contribution in [2.45, 2.75) is 232 Å². The van der Waals surface area contributed by atoms with E-state index >= 15 is 0 Å². The number of nitrogens with one attached hydrogen (secondary N) is 1. The molecule has 0 aliphatic rings. The van der Waals surface area contributed by atoms with Gasteiger partial charge in [0.25, 0.3) is 0 Å². The minimum Gasteiger partial charge on any atom is -0.458 e. The Morgan fingerprint density at radius 3 is 1.39 bits per heavy atom. The van der Waals surface area contributed by atoms with E-state index in [0.717, 1.165) is 64.2 Å². The van der Waals surface area contributed by atoms with Gasteiger partial charge in [-0.25, -0.2) is 0 Å². The summed E-state index contributed by atoms with van der Waals surface area (Å²) in [7, 11) is 0. The molecule has 0 spiro atoms. The molecule has 3 atom stereocenters. The quantitative estimate of drug-likeness (QED) is 0.0323. The van der Waals surface area contributed by atoms with Crippen LogP contribution in [0.5, 0.6) is 0 Å². The third-order valence-electron chi connectivity index (χ3n) is 10.7. The highest BCUT2D eigenvalue weighted by atomic mass is 16.5. The van der Waals surface area contributed by atoms with Crippen LogP contribution in [0.2, 0.25) is 0 Å². The molecule has 0 radical (unpaired) electrons. The highest BCUT2D eigenvalue weighted by Gasteiger charge is 2.23. The fourth-order valence-corrected chi connectivity index (χ4v) is 6.89. The summed E-state index contributed by atoms with van der Waals surface area (Å²) in [6.45, 7) is 6.29. The minimum atomic E-state index is -0.827. The molecule has 1 amide bonds. The number of unbranched alkanes of at least 4 members (excludes halogenated alkanes) is 17. The number of hydrogen-bond acceptors (Lipinski definition) is 5. The largest absolute Gasteiger partial charge is 0.458 e. The zero-order valence-corrected chi connectivity index (χ0v) is 39.5. The number of amides is 1. The van der Waals surface area contributed by atoms with E-state index < -0.39 is 18.2 Å². The van der Waals surface area contributed by atoms with E-state index in [2.05, 4.69) is 105 Å². The maximum absolute atomic E-state index is 13.1. The lowest BCUT2D eigenvalue weighted by molar-refractivity contribution is -0.148. The second-order valence-corrected chi connectivity index (χ2v) is 16.5. The van der Waals surface area contributed by atoms with E-state index in [4.69, 9.17) is 4.74 Å². The molecule has 6 nitrogen and oxygen atoms in total. The van der Waals surface area contributed by atoms with Gasteiger partial charge in [0.2, 0.25) is 5.91 Å². The topological polar surface area (TPSA) is 95.9 Å². The summed E-state index contributed by atoms with van der Waals surface area (Å²) in [6.07, 6.45) is 63.6. The lowest BCUT2D eigenvalue weighted by Crippen LogP contribution is -2.46. The Balaban J connectivity index is 4.75. The molecule has 3 unspecified atom stereocenters. The standard InChI is InChI=1S/C55H93NO5/c1-4-7-10-13-16-19-22-24-25-26-27-28-29-30-33-36-39-42-45-48-55(60)61-51(46-43-40-37-34-31-21-18-15-12-9-6-3)49-54(59)56-52(50-57)53(58)47-44-41-38-35-32-23-20-17-14-11-8-5-2/h7,10,16,19,24-25,27-28,30,33-34,37,39,42-43,46,51-53,57-58H,4-6,8-9,11-15,17-18,20-23,26,29,31-32,35-36,38,40-41,44-45,47-50H2,1-3H3,(H,56,59)/b10-7-,19-16-,25-24-,28-27-,33-30-,37-34-,42-39-,46-43+. The number of hydrogen-bond donors (Lipinski definition) is 3.